The van der Waals surface area contributed by atoms with E-state index >= 15 is 0 Å². The largest absolute Gasteiger partial charge is 0.382 e. The first kappa shape index (κ1) is 15.2. The van der Waals surface area contributed by atoms with Gasteiger partial charge in [0.1, 0.15) is 0 Å². The molecule has 0 heterocycles. The Bertz CT molecular complexity index is 364. The number of benzene rings is 1. The number of hydrogen-bond donors (Lipinski definition) is 1. The molecule has 0 saturated heterocycles. The minimum Gasteiger partial charge on any atom is -0.382 e. The first-order valence-corrected chi connectivity index (χ1v) is 6.49. The van der Waals surface area contributed by atoms with Crippen LogP contribution in [0.1, 0.15) is 22.3 Å². The molecule has 0 bridgehead atoms. The molecule has 0 aromatic heterocycles. The van der Waals surface area contributed by atoms with Crippen molar-refractivity contribution < 1.29 is 9.47 Å². The first-order valence-electron chi connectivity index (χ1n) is 6.49. The van der Waals surface area contributed by atoms with E-state index in [-0.39, 0.29) is 0 Å². The highest BCUT2D eigenvalue weighted by atomic mass is 16.5. The Kier molecular flexibility index (Phi) is 6.94. The van der Waals surface area contributed by atoms with E-state index in [2.05, 4.69) is 38.2 Å². The lowest BCUT2D eigenvalue weighted by molar-refractivity contribution is 0.0719. The lowest BCUT2D eigenvalue weighted by Crippen LogP contribution is -2.20. The lowest BCUT2D eigenvalue weighted by Gasteiger charge is -2.11. The number of rotatable bonds is 8. The Morgan fingerprint density at radius 2 is 1.67 bits per heavy atom. The van der Waals surface area contributed by atoms with Crippen molar-refractivity contribution in [2.45, 2.75) is 27.3 Å². The number of aryl methyl sites for hydroxylation is 3. The van der Waals surface area contributed by atoms with Crippen molar-refractivity contribution in [2.24, 2.45) is 0 Å². The Morgan fingerprint density at radius 3 is 2.39 bits per heavy atom. The molecule has 0 aliphatic rings. The molecule has 1 rings (SSSR count). The molecule has 1 aromatic rings. The molecule has 0 atom stereocenters. The fourth-order valence-electron chi connectivity index (χ4n) is 1.82. The van der Waals surface area contributed by atoms with Crippen molar-refractivity contribution in [3.63, 3.8) is 0 Å². The van der Waals surface area contributed by atoms with Gasteiger partial charge in [0.25, 0.3) is 0 Å². The number of hydrogen-bond acceptors (Lipinski definition) is 3. The van der Waals surface area contributed by atoms with Crippen LogP contribution in [-0.4, -0.2) is 33.5 Å². The van der Waals surface area contributed by atoms with Crippen LogP contribution < -0.4 is 5.32 Å². The molecule has 0 spiro atoms. The topological polar surface area (TPSA) is 30.5 Å². The highest BCUT2D eigenvalue weighted by Crippen LogP contribution is 2.14. The number of ether oxygens (including phenoxy) is 2. The Labute approximate surface area is 110 Å². The first-order chi connectivity index (χ1) is 8.65. The number of nitrogens with one attached hydrogen (secondary N) is 1. The van der Waals surface area contributed by atoms with Gasteiger partial charge in [-0.05, 0) is 43.0 Å². The van der Waals surface area contributed by atoms with Crippen LogP contribution in [0.2, 0.25) is 0 Å². The monoisotopic (exact) mass is 251 g/mol. The van der Waals surface area contributed by atoms with Gasteiger partial charge in [-0.25, -0.2) is 0 Å². The maximum absolute atomic E-state index is 5.40. The van der Waals surface area contributed by atoms with Crippen molar-refractivity contribution in [3.8, 4) is 0 Å². The predicted molar refractivity (Wildman–Crippen MR) is 75.1 cm³/mol. The Balaban J connectivity index is 2.25. The van der Waals surface area contributed by atoms with Crippen LogP contribution in [-0.2, 0) is 16.0 Å². The summed E-state index contributed by atoms with van der Waals surface area (Å²) in [7, 11) is 1.68. The van der Waals surface area contributed by atoms with Crippen LogP contribution in [0.4, 0.5) is 0 Å². The SMILES string of the molecule is COCCOCCNCc1cc(C)c(C)cc1C. The van der Waals surface area contributed by atoms with Gasteiger partial charge >= 0.3 is 0 Å². The molecular weight excluding hydrogens is 226 g/mol. The molecule has 0 saturated carbocycles. The van der Waals surface area contributed by atoms with Gasteiger partial charge in [0.2, 0.25) is 0 Å². The van der Waals surface area contributed by atoms with Gasteiger partial charge in [-0.15, -0.1) is 0 Å². The second-order valence-corrected chi connectivity index (χ2v) is 4.64. The summed E-state index contributed by atoms with van der Waals surface area (Å²) in [5.74, 6) is 0. The average Bonchev–Trinajstić information content (AvgIpc) is 2.34. The molecule has 0 radical (unpaired) electrons. The highest BCUT2D eigenvalue weighted by molar-refractivity contribution is 5.36. The Hall–Kier alpha value is -0.900. The van der Waals surface area contributed by atoms with E-state index < -0.39 is 0 Å². The second-order valence-electron chi connectivity index (χ2n) is 4.64. The Morgan fingerprint density at radius 1 is 0.944 bits per heavy atom. The maximum atomic E-state index is 5.40. The van der Waals surface area contributed by atoms with Gasteiger partial charge in [-0.2, -0.15) is 0 Å². The van der Waals surface area contributed by atoms with Gasteiger partial charge in [0.05, 0.1) is 19.8 Å². The molecule has 102 valence electrons. The number of methoxy groups -OCH3 is 1. The molecule has 18 heavy (non-hydrogen) atoms. The summed E-state index contributed by atoms with van der Waals surface area (Å²) in [6.07, 6.45) is 0. The van der Waals surface area contributed by atoms with E-state index in [1.165, 1.54) is 22.3 Å². The zero-order valence-electron chi connectivity index (χ0n) is 12.0. The summed E-state index contributed by atoms with van der Waals surface area (Å²) in [6, 6.07) is 4.52. The van der Waals surface area contributed by atoms with Crippen LogP contribution in [0.15, 0.2) is 12.1 Å². The van der Waals surface area contributed by atoms with Crippen LogP contribution in [0.5, 0.6) is 0 Å². The second kappa shape index (κ2) is 8.25. The third-order valence-corrected chi connectivity index (χ3v) is 3.12. The van der Waals surface area contributed by atoms with Crippen molar-refractivity contribution in [1.29, 1.82) is 0 Å². The van der Waals surface area contributed by atoms with Crippen LogP contribution in [0.25, 0.3) is 0 Å². The van der Waals surface area contributed by atoms with Crippen LogP contribution in [0, 0.1) is 20.8 Å². The summed E-state index contributed by atoms with van der Waals surface area (Å²) in [4.78, 5) is 0. The third kappa shape index (κ3) is 5.17. The summed E-state index contributed by atoms with van der Waals surface area (Å²) in [5, 5.41) is 3.40. The zero-order valence-corrected chi connectivity index (χ0v) is 12.0. The van der Waals surface area contributed by atoms with Crippen molar-refractivity contribution in [3.05, 3.63) is 34.4 Å². The van der Waals surface area contributed by atoms with E-state index in [0.717, 1.165) is 19.7 Å². The molecule has 0 amide bonds. The van der Waals surface area contributed by atoms with E-state index in [0.29, 0.717) is 13.2 Å². The van der Waals surface area contributed by atoms with Crippen molar-refractivity contribution >= 4 is 0 Å². The van der Waals surface area contributed by atoms with E-state index in [1.807, 2.05) is 0 Å². The van der Waals surface area contributed by atoms with Gasteiger partial charge in [0.15, 0.2) is 0 Å². The maximum Gasteiger partial charge on any atom is 0.0700 e. The normalized spacial score (nSPS) is 10.9. The summed E-state index contributed by atoms with van der Waals surface area (Å²) >= 11 is 0. The fourth-order valence-corrected chi connectivity index (χ4v) is 1.82. The van der Waals surface area contributed by atoms with Gasteiger partial charge in [0, 0.05) is 20.2 Å². The minimum absolute atomic E-state index is 0.663. The summed E-state index contributed by atoms with van der Waals surface area (Å²) < 4.78 is 10.3. The molecule has 0 aliphatic heterocycles. The van der Waals surface area contributed by atoms with Gasteiger partial charge in [-0.3, -0.25) is 0 Å². The molecule has 3 nitrogen and oxygen atoms in total. The minimum atomic E-state index is 0.663. The standard InChI is InChI=1S/C15H25NO2/c1-12-9-14(3)15(10-13(12)2)11-16-5-6-18-8-7-17-4/h9-10,16H,5-8,11H2,1-4H3. The quantitative estimate of drug-likeness (QED) is 0.720. The predicted octanol–water partition coefficient (Wildman–Crippen LogP) is 2.36. The molecule has 1 N–H and O–H groups in total. The molecule has 1 aromatic carbocycles. The molecule has 0 fully saturated rings. The molecule has 0 unspecified atom stereocenters. The van der Waals surface area contributed by atoms with E-state index in [1.54, 1.807) is 7.11 Å². The fraction of sp³-hybridized carbons (Fsp3) is 0.600. The van der Waals surface area contributed by atoms with Crippen molar-refractivity contribution in [1.82, 2.24) is 5.32 Å². The summed E-state index contributed by atoms with van der Waals surface area (Å²) in [6.45, 7) is 10.3. The van der Waals surface area contributed by atoms with Gasteiger partial charge in [-0.1, -0.05) is 12.1 Å². The third-order valence-electron chi connectivity index (χ3n) is 3.12. The van der Waals surface area contributed by atoms with Crippen LogP contribution in [0.3, 0.4) is 0 Å². The molecule has 3 heteroatoms. The molecular formula is C15H25NO2. The zero-order chi connectivity index (χ0) is 13.4. The molecule has 0 aliphatic carbocycles. The summed E-state index contributed by atoms with van der Waals surface area (Å²) in [5.41, 5.74) is 5.44. The van der Waals surface area contributed by atoms with Crippen LogP contribution >= 0.6 is 0 Å². The van der Waals surface area contributed by atoms with E-state index in [4.69, 9.17) is 9.47 Å². The van der Waals surface area contributed by atoms with Crippen molar-refractivity contribution in [2.75, 3.05) is 33.5 Å². The van der Waals surface area contributed by atoms with E-state index in [9.17, 15) is 0 Å². The lowest BCUT2D eigenvalue weighted by atomic mass is 10.0. The van der Waals surface area contributed by atoms with Gasteiger partial charge < -0.3 is 14.8 Å². The smallest absolute Gasteiger partial charge is 0.0700 e. The highest BCUT2D eigenvalue weighted by Gasteiger charge is 2.01. The average molecular weight is 251 g/mol.